The molecule has 1 heterocycles. The maximum absolute atomic E-state index is 12.5. The Balaban J connectivity index is 1.78. The average Bonchev–Trinajstić information content (AvgIpc) is 3.03. The molecule has 0 spiro atoms. The number of carbonyl (C=O) groups excluding carboxylic acids is 2. The van der Waals surface area contributed by atoms with E-state index < -0.39 is 16.7 Å². The Morgan fingerprint density at radius 2 is 2.13 bits per heavy atom. The number of nitro benzene ring substituents is 1. The van der Waals surface area contributed by atoms with Crippen LogP contribution in [-0.4, -0.2) is 29.0 Å². The van der Waals surface area contributed by atoms with Crippen molar-refractivity contribution in [2.45, 2.75) is 26.2 Å². The first kappa shape index (κ1) is 21.7. The largest absolute Gasteiger partial charge is 0.490 e. The second kappa shape index (κ2) is 8.76. The van der Waals surface area contributed by atoms with E-state index in [1.54, 1.807) is 0 Å². The van der Waals surface area contributed by atoms with Crippen LogP contribution in [0.5, 0.6) is 5.75 Å². The highest BCUT2D eigenvalue weighted by Crippen LogP contribution is 2.39. The molecule has 0 aliphatic heterocycles. The first-order valence-corrected chi connectivity index (χ1v) is 10.3. The summed E-state index contributed by atoms with van der Waals surface area (Å²) < 4.78 is 4.93. The van der Waals surface area contributed by atoms with Gasteiger partial charge in [-0.1, -0.05) is 6.92 Å². The minimum atomic E-state index is -0.636. The number of hydrogen-bond donors (Lipinski definition) is 3. The second-order valence-electron chi connectivity index (χ2n) is 6.97. The molecule has 0 saturated heterocycles. The summed E-state index contributed by atoms with van der Waals surface area (Å²) >= 11 is 6.61. The number of fused-ring (bicyclic) bond motifs is 1. The molecule has 0 fully saturated rings. The molecule has 1 aliphatic rings. The maximum Gasteiger partial charge on any atom is 0.311 e. The standard InChI is InChI=1S/C19H20N4O5S2/c1-9-3-5-11-14(7-9)30-18(15(11)16(20)24)22-19(29)21-17(25)10-4-6-13(28-2)12(8-10)23(26)27/h4,6,8-9H,3,5,7H2,1-2H3,(H2,20,24)(H2,21,22,25,29)/t9-/m0/s1. The average molecular weight is 449 g/mol. The van der Waals surface area contributed by atoms with Crippen LogP contribution < -0.4 is 21.1 Å². The number of thiophene rings is 1. The van der Waals surface area contributed by atoms with E-state index in [0.29, 0.717) is 16.5 Å². The minimum Gasteiger partial charge on any atom is -0.490 e. The van der Waals surface area contributed by atoms with Gasteiger partial charge in [-0.2, -0.15) is 0 Å². The van der Waals surface area contributed by atoms with Gasteiger partial charge in [0.25, 0.3) is 11.8 Å². The molecule has 0 radical (unpaired) electrons. The number of anilines is 1. The van der Waals surface area contributed by atoms with Gasteiger partial charge < -0.3 is 15.8 Å². The number of amides is 2. The number of hydrogen-bond acceptors (Lipinski definition) is 7. The topological polar surface area (TPSA) is 137 Å². The third-order valence-corrected chi connectivity index (χ3v) is 6.22. The molecule has 4 N–H and O–H groups in total. The summed E-state index contributed by atoms with van der Waals surface area (Å²) in [6.45, 7) is 2.15. The van der Waals surface area contributed by atoms with Crippen LogP contribution in [0.3, 0.4) is 0 Å². The fraction of sp³-hybridized carbons (Fsp3) is 0.316. The number of thiocarbonyl (C=S) groups is 1. The van der Waals surface area contributed by atoms with Crippen molar-refractivity contribution in [3.05, 3.63) is 49.9 Å². The van der Waals surface area contributed by atoms with Crippen molar-refractivity contribution < 1.29 is 19.2 Å². The van der Waals surface area contributed by atoms with E-state index in [1.807, 2.05) is 0 Å². The zero-order valence-corrected chi connectivity index (χ0v) is 17.9. The molecule has 9 nitrogen and oxygen atoms in total. The number of methoxy groups -OCH3 is 1. The van der Waals surface area contributed by atoms with E-state index in [9.17, 15) is 19.7 Å². The van der Waals surface area contributed by atoms with E-state index >= 15 is 0 Å². The molecule has 158 valence electrons. The summed E-state index contributed by atoms with van der Waals surface area (Å²) in [4.78, 5) is 36.1. The first-order valence-electron chi connectivity index (χ1n) is 9.10. The lowest BCUT2D eigenvalue weighted by atomic mass is 9.88. The van der Waals surface area contributed by atoms with Crippen LogP contribution >= 0.6 is 23.6 Å². The quantitative estimate of drug-likeness (QED) is 0.363. The van der Waals surface area contributed by atoms with E-state index in [0.717, 1.165) is 35.8 Å². The van der Waals surface area contributed by atoms with Gasteiger partial charge in [0.15, 0.2) is 10.9 Å². The van der Waals surface area contributed by atoms with Crippen molar-refractivity contribution >= 4 is 51.2 Å². The van der Waals surface area contributed by atoms with Gasteiger partial charge >= 0.3 is 5.69 Å². The number of ether oxygens (including phenoxy) is 1. The first-order chi connectivity index (χ1) is 14.2. The van der Waals surface area contributed by atoms with Gasteiger partial charge in [-0.3, -0.25) is 25.0 Å². The van der Waals surface area contributed by atoms with Gasteiger partial charge in [0, 0.05) is 16.5 Å². The van der Waals surface area contributed by atoms with E-state index in [4.69, 9.17) is 22.7 Å². The Hall–Kier alpha value is -3.05. The Kier molecular flexibility index (Phi) is 6.32. The van der Waals surface area contributed by atoms with Crippen LogP contribution in [0.4, 0.5) is 10.7 Å². The number of nitrogens with two attached hydrogens (primary N) is 1. The van der Waals surface area contributed by atoms with Crippen molar-refractivity contribution in [2.24, 2.45) is 11.7 Å². The van der Waals surface area contributed by atoms with E-state index in [1.165, 1.54) is 30.6 Å². The number of rotatable bonds is 5. The number of primary amides is 1. The Morgan fingerprint density at radius 3 is 2.77 bits per heavy atom. The van der Waals surface area contributed by atoms with Crippen molar-refractivity contribution in [1.29, 1.82) is 0 Å². The smallest absolute Gasteiger partial charge is 0.311 e. The second-order valence-corrected chi connectivity index (χ2v) is 8.49. The molecule has 0 saturated carbocycles. The highest BCUT2D eigenvalue weighted by Gasteiger charge is 2.27. The predicted octanol–water partition coefficient (Wildman–Crippen LogP) is 3.02. The lowest BCUT2D eigenvalue weighted by Crippen LogP contribution is -2.34. The normalized spacial score (nSPS) is 15.1. The molecule has 11 heteroatoms. The number of nitrogens with zero attached hydrogens (tertiary/aromatic N) is 1. The van der Waals surface area contributed by atoms with E-state index in [-0.39, 0.29) is 22.1 Å². The number of benzene rings is 1. The van der Waals surface area contributed by atoms with Gasteiger partial charge in [0.1, 0.15) is 5.00 Å². The minimum absolute atomic E-state index is 0.0346. The molecule has 0 bridgehead atoms. The molecule has 1 aromatic carbocycles. The zero-order chi connectivity index (χ0) is 22.0. The SMILES string of the molecule is COc1ccc(C(=O)NC(=S)Nc2sc3c(c2C(N)=O)CC[C@H](C)C3)cc1[N+](=O)[O-]. The summed E-state index contributed by atoms with van der Waals surface area (Å²) in [6.07, 6.45) is 2.60. The van der Waals surface area contributed by atoms with Crippen molar-refractivity contribution in [1.82, 2.24) is 5.32 Å². The van der Waals surface area contributed by atoms with Gasteiger partial charge in [-0.25, -0.2) is 0 Å². The summed E-state index contributed by atoms with van der Waals surface area (Å²) in [7, 11) is 1.30. The van der Waals surface area contributed by atoms with Crippen LogP contribution in [0.1, 0.15) is 44.5 Å². The highest BCUT2D eigenvalue weighted by atomic mass is 32.1. The fourth-order valence-electron chi connectivity index (χ4n) is 3.38. The van der Waals surface area contributed by atoms with Gasteiger partial charge in [-0.05, 0) is 55.1 Å². The molecular weight excluding hydrogens is 428 g/mol. The van der Waals surface area contributed by atoms with Gasteiger partial charge in [-0.15, -0.1) is 11.3 Å². The number of nitrogens with one attached hydrogen (secondary N) is 2. The molecule has 2 amide bonds. The summed E-state index contributed by atoms with van der Waals surface area (Å²) in [6, 6.07) is 3.84. The molecule has 3 rings (SSSR count). The zero-order valence-electron chi connectivity index (χ0n) is 16.3. The summed E-state index contributed by atoms with van der Waals surface area (Å²) in [5, 5.41) is 17.0. The molecule has 30 heavy (non-hydrogen) atoms. The summed E-state index contributed by atoms with van der Waals surface area (Å²) in [5.74, 6) is -0.623. The van der Waals surface area contributed by atoms with Gasteiger partial charge in [0.05, 0.1) is 17.6 Å². The van der Waals surface area contributed by atoms with Crippen molar-refractivity contribution in [2.75, 3.05) is 12.4 Å². The maximum atomic E-state index is 12.5. The van der Waals surface area contributed by atoms with Crippen LogP contribution in [0.2, 0.25) is 0 Å². The Labute approximate surface area is 181 Å². The highest BCUT2D eigenvalue weighted by molar-refractivity contribution is 7.80. The Morgan fingerprint density at radius 1 is 1.40 bits per heavy atom. The van der Waals surface area contributed by atoms with Crippen molar-refractivity contribution in [3.63, 3.8) is 0 Å². The number of nitro groups is 1. The molecule has 1 atom stereocenters. The van der Waals surface area contributed by atoms with Crippen LogP contribution in [0, 0.1) is 16.0 Å². The number of carbonyl (C=O) groups is 2. The summed E-state index contributed by atoms with van der Waals surface area (Å²) in [5.41, 5.74) is 6.63. The molecule has 1 aromatic heterocycles. The van der Waals surface area contributed by atoms with Crippen molar-refractivity contribution in [3.8, 4) is 5.75 Å². The fourth-order valence-corrected chi connectivity index (χ4v) is 5.06. The molecule has 2 aromatic rings. The molecule has 1 aliphatic carbocycles. The lowest BCUT2D eigenvalue weighted by molar-refractivity contribution is -0.385. The van der Waals surface area contributed by atoms with Crippen LogP contribution in [-0.2, 0) is 12.8 Å². The van der Waals surface area contributed by atoms with Gasteiger partial charge in [0.2, 0.25) is 0 Å². The monoisotopic (exact) mass is 448 g/mol. The van der Waals surface area contributed by atoms with Crippen LogP contribution in [0.25, 0.3) is 0 Å². The molecular formula is C19H20N4O5S2. The van der Waals surface area contributed by atoms with Crippen LogP contribution in [0.15, 0.2) is 18.2 Å². The lowest BCUT2D eigenvalue weighted by Gasteiger charge is -2.18. The Bertz CT molecular complexity index is 1050. The molecule has 0 unspecified atom stereocenters. The third kappa shape index (κ3) is 4.41. The predicted molar refractivity (Wildman–Crippen MR) is 117 cm³/mol. The van der Waals surface area contributed by atoms with E-state index in [2.05, 4.69) is 17.6 Å². The third-order valence-electron chi connectivity index (χ3n) is 4.85.